The van der Waals surface area contributed by atoms with Crippen LogP contribution in [0.4, 0.5) is 0 Å². The van der Waals surface area contributed by atoms with Gasteiger partial charge in [0, 0.05) is 13.1 Å². The van der Waals surface area contributed by atoms with Gasteiger partial charge >= 0.3 is 5.97 Å². The van der Waals surface area contributed by atoms with Crippen LogP contribution in [0.2, 0.25) is 0 Å². The summed E-state index contributed by atoms with van der Waals surface area (Å²) in [6.07, 6.45) is 0. The molecule has 9 heteroatoms. The molecule has 0 spiro atoms. The molecule has 1 heterocycles. The Morgan fingerprint density at radius 1 is 1.35 bits per heavy atom. The van der Waals surface area contributed by atoms with Crippen molar-refractivity contribution in [1.29, 1.82) is 0 Å². The van der Waals surface area contributed by atoms with E-state index in [2.05, 4.69) is 5.32 Å². The number of amides is 1. The molecule has 7 nitrogen and oxygen atoms in total. The first-order chi connectivity index (χ1) is 9.32. The van der Waals surface area contributed by atoms with Gasteiger partial charge in [0.1, 0.15) is 9.09 Å². The van der Waals surface area contributed by atoms with Gasteiger partial charge in [0.05, 0.1) is 6.54 Å². The number of thiophene rings is 1. The summed E-state index contributed by atoms with van der Waals surface area (Å²) in [5.41, 5.74) is 0. The lowest BCUT2D eigenvalue weighted by Gasteiger charge is -2.18. The summed E-state index contributed by atoms with van der Waals surface area (Å²) in [5.74, 6) is -1.57. The second-order valence-electron chi connectivity index (χ2n) is 3.81. The smallest absolute Gasteiger partial charge is 0.345 e. The van der Waals surface area contributed by atoms with E-state index < -0.39 is 21.9 Å². The van der Waals surface area contributed by atoms with E-state index in [1.54, 1.807) is 13.8 Å². The number of hydrogen-bond donors (Lipinski definition) is 2. The number of rotatable bonds is 7. The summed E-state index contributed by atoms with van der Waals surface area (Å²) < 4.78 is 25.5. The second kappa shape index (κ2) is 6.82. The molecular formula is C11H16N2O5S2. The van der Waals surface area contributed by atoms with Crippen LogP contribution >= 0.6 is 11.3 Å². The van der Waals surface area contributed by atoms with Crippen molar-refractivity contribution in [3.8, 4) is 0 Å². The first kappa shape index (κ1) is 16.6. The third-order valence-electron chi connectivity index (χ3n) is 2.43. The van der Waals surface area contributed by atoms with Crippen molar-refractivity contribution in [2.75, 3.05) is 19.6 Å². The van der Waals surface area contributed by atoms with Crippen molar-refractivity contribution < 1.29 is 23.1 Å². The highest BCUT2D eigenvalue weighted by Crippen LogP contribution is 2.24. The van der Waals surface area contributed by atoms with E-state index in [4.69, 9.17) is 5.11 Å². The Morgan fingerprint density at radius 3 is 2.45 bits per heavy atom. The topological polar surface area (TPSA) is 104 Å². The van der Waals surface area contributed by atoms with Crippen molar-refractivity contribution in [2.24, 2.45) is 0 Å². The summed E-state index contributed by atoms with van der Waals surface area (Å²) >= 11 is 0.671. The third-order valence-corrected chi connectivity index (χ3v) is 5.89. The lowest BCUT2D eigenvalue weighted by Crippen LogP contribution is -2.40. The van der Waals surface area contributed by atoms with Crippen LogP contribution in [0.25, 0.3) is 0 Å². The Labute approximate surface area is 121 Å². The van der Waals surface area contributed by atoms with Gasteiger partial charge in [0.15, 0.2) is 0 Å². The van der Waals surface area contributed by atoms with Gasteiger partial charge in [-0.05, 0) is 19.1 Å². The van der Waals surface area contributed by atoms with Crippen LogP contribution in [0.3, 0.4) is 0 Å². The number of nitrogens with zero attached hydrogens (tertiary/aromatic N) is 1. The van der Waals surface area contributed by atoms with Crippen LogP contribution in [-0.4, -0.2) is 49.3 Å². The Bertz CT molecular complexity index is 594. The summed E-state index contributed by atoms with van der Waals surface area (Å²) in [6, 6.07) is 2.48. The molecule has 0 aliphatic rings. The van der Waals surface area contributed by atoms with Gasteiger partial charge in [-0.1, -0.05) is 6.92 Å². The molecule has 1 amide bonds. The number of aromatic carboxylic acids is 1. The first-order valence-electron chi connectivity index (χ1n) is 5.92. The molecule has 112 valence electrons. The molecule has 0 unspecified atom stereocenters. The quantitative estimate of drug-likeness (QED) is 0.765. The molecule has 0 radical (unpaired) electrons. The predicted octanol–water partition coefficient (Wildman–Crippen LogP) is 0.593. The highest BCUT2D eigenvalue weighted by atomic mass is 32.2. The predicted molar refractivity (Wildman–Crippen MR) is 74.4 cm³/mol. The van der Waals surface area contributed by atoms with E-state index >= 15 is 0 Å². The van der Waals surface area contributed by atoms with Crippen molar-refractivity contribution in [1.82, 2.24) is 9.62 Å². The molecule has 0 bridgehead atoms. The summed E-state index contributed by atoms with van der Waals surface area (Å²) in [6.45, 7) is 3.61. The van der Waals surface area contributed by atoms with Gasteiger partial charge in [-0.3, -0.25) is 4.79 Å². The number of carboxylic acids is 1. The number of hydrogen-bond acceptors (Lipinski definition) is 5. The number of carboxylic acid groups (broad SMARTS) is 1. The fourth-order valence-electron chi connectivity index (χ4n) is 1.48. The van der Waals surface area contributed by atoms with Gasteiger partial charge in [0.25, 0.3) is 10.0 Å². The van der Waals surface area contributed by atoms with E-state index in [1.807, 2.05) is 0 Å². The maximum absolute atomic E-state index is 12.3. The highest BCUT2D eigenvalue weighted by Gasteiger charge is 2.27. The van der Waals surface area contributed by atoms with Gasteiger partial charge in [-0.25, -0.2) is 13.2 Å². The minimum absolute atomic E-state index is 0.0577. The maximum atomic E-state index is 12.3. The number of likely N-dealkylation sites (N-methyl/N-ethyl adjacent to an activating group) is 2. The van der Waals surface area contributed by atoms with Gasteiger partial charge < -0.3 is 10.4 Å². The molecular weight excluding hydrogens is 304 g/mol. The van der Waals surface area contributed by atoms with Crippen molar-refractivity contribution in [2.45, 2.75) is 18.1 Å². The first-order valence-corrected chi connectivity index (χ1v) is 8.18. The lowest BCUT2D eigenvalue weighted by molar-refractivity contribution is -0.121. The SMILES string of the molecule is CCNC(=O)CN(CC)S(=O)(=O)c1ccc(C(=O)O)s1. The van der Waals surface area contributed by atoms with Crippen molar-refractivity contribution in [3.63, 3.8) is 0 Å². The van der Waals surface area contributed by atoms with Gasteiger partial charge in [-0.15, -0.1) is 11.3 Å². The van der Waals surface area contributed by atoms with E-state index in [0.717, 1.165) is 4.31 Å². The van der Waals surface area contributed by atoms with Crippen LogP contribution in [-0.2, 0) is 14.8 Å². The molecule has 1 aromatic rings. The van der Waals surface area contributed by atoms with Crippen LogP contribution in [0.1, 0.15) is 23.5 Å². The largest absolute Gasteiger partial charge is 0.477 e. The number of carbonyl (C=O) groups is 2. The van der Waals surface area contributed by atoms with Crippen LogP contribution in [0, 0.1) is 0 Å². The molecule has 0 fully saturated rings. The summed E-state index contributed by atoms with van der Waals surface area (Å²) in [4.78, 5) is 22.2. The standard InChI is InChI=1S/C11H16N2O5S2/c1-3-12-9(14)7-13(4-2)20(17,18)10-6-5-8(19-10)11(15)16/h5-6H,3-4,7H2,1-2H3,(H,12,14)(H,15,16). The normalized spacial score (nSPS) is 11.6. The number of nitrogens with one attached hydrogen (secondary N) is 1. The van der Waals surface area contributed by atoms with E-state index in [9.17, 15) is 18.0 Å². The Balaban J connectivity index is 2.99. The Hall–Kier alpha value is -1.45. The van der Waals surface area contributed by atoms with E-state index in [0.29, 0.717) is 17.9 Å². The molecule has 0 aliphatic heterocycles. The third kappa shape index (κ3) is 3.78. The Morgan fingerprint density at radius 2 is 2.00 bits per heavy atom. The molecule has 0 aliphatic carbocycles. The monoisotopic (exact) mass is 320 g/mol. The average Bonchev–Trinajstić information content (AvgIpc) is 2.86. The maximum Gasteiger partial charge on any atom is 0.345 e. The second-order valence-corrected chi connectivity index (χ2v) is 7.06. The molecule has 1 aromatic heterocycles. The molecule has 0 atom stereocenters. The van der Waals surface area contributed by atoms with Crippen molar-refractivity contribution >= 4 is 33.2 Å². The number of sulfonamides is 1. The molecule has 2 N–H and O–H groups in total. The minimum Gasteiger partial charge on any atom is -0.477 e. The highest BCUT2D eigenvalue weighted by molar-refractivity contribution is 7.91. The van der Waals surface area contributed by atoms with Gasteiger partial charge in [0.2, 0.25) is 5.91 Å². The fourth-order valence-corrected chi connectivity index (χ4v) is 4.19. The molecule has 0 saturated carbocycles. The molecule has 0 saturated heterocycles. The van der Waals surface area contributed by atoms with Crippen LogP contribution in [0.5, 0.6) is 0 Å². The minimum atomic E-state index is -3.85. The average molecular weight is 320 g/mol. The van der Waals surface area contributed by atoms with Gasteiger partial charge in [-0.2, -0.15) is 4.31 Å². The fraction of sp³-hybridized carbons (Fsp3) is 0.455. The summed E-state index contributed by atoms with van der Waals surface area (Å²) in [7, 11) is -3.85. The lowest BCUT2D eigenvalue weighted by atomic mass is 10.5. The number of carbonyl (C=O) groups excluding carboxylic acids is 1. The summed E-state index contributed by atoms with van der Waals surface area (Å²) in [5, 5.41) is 11.3. The van der Waals surface area contributed by atoms with E-state index in [1.165, 1.54) is 12.1 Å². The molecule has 1 rings (SSSR count). The zero-order chi connectivity index (χ0) is 15.3. The molecule has 0 aromatic carbocycles. The van der Waals surface area contributed by atoms with Crippen molar-refractivity contribution in [3.05, 3.63) is 17.0 Å². The zero-order valence-electron chi connectivity index (χ0n) is 11.1. The van der Waals surface area contributed by atoms with Crippen LogP contribution in [0.15, 0.2) is 16.3 Å². The molecule has 20 heavy (non-hydrogen) atoms. The van der Waals surface area contributed by atoms with E-state index in [-0.39, 0.29) is 22.2 Å². The zero-order valence-corrected chi connectivity index (χ0v) is 12.8. The van der Waals surface area contributed by atoms with Crippen LogP contribution < -0.4 is 5.32 Å². The Kier molecular flexibility index (Phi) is 5.66.